The normalized spacial score (nSPS) is 14.3. The third-order valence-corrected chi connectivity index (χ3v) is 19.5. The van der Waals surface area contributed by atoms with E-state index in [2.05, 4.69) is 41.5 Å². The molecular weight excluding hydrogens is 1220 g/mol. The number of carbonyl (C=O) groups excluding carboxylic acids is 4. The number of phosphoric ester groups is 2. The van der Waals surface area contributed by atoms with Crippen LogP contribution in [0.5, 0.6) is 0 Å². The lowest BCUT2D eigenvalue weighted by atomic mass is 10.00. The summed E-state index contributed by atoms with van der Waals surface area (Å²) in [5, 5.41) is 10.6. The van der Waals surface area contributed by atoms with Gasteiger partial charge in [-0.15, -0.1) is 0 Å². The smallest absolute Gasteiger partial charge is 0.462 e. The Morgan fingerprint density at radius 1 is 0.312 bits per heavy atom. The van der Waals surface area contributed by atoms with E-state index in [1.807, 2.05) is 0 Å². The molecule has 0 bridgehead atoms. The zero-order chi connectivity index (χ0) is 68.6. The molecule has 0 aromatic rings. The van der Waals surface area contributed by atoms with Crippen LogP contribution in [0.2, 0.25) is 0 Å². The first kappa shape index (κ1) is 91.1. The fraction of sp³-hybridized carbons (Fsp3) is 0.946. The van der Waals surface area contributed by atoms with Crippen molar-refractivity contribution < 1.29 is 80.2 Å². The molecule has 3 N–H and O–H groups in total. The monoisotopic (exact) mass is 1370 g/mol. The maximum Gasteiger partial charge on any atom is 0.472 e. The standard InChI is InChI=1S/C74H144O17P2/c1-7-10-12-14-16-18-20-22-24-25-26-27-29-31-33-38-46-52-58-73(78)90-69(62-84-71(76)56-50-44-37-32-30-28-23-21-19-17-15-13-11-8-2)64-88-92(80,81)86-60-68(75)61-87-93(82,83)89-65-70(63-85-72(77)57-51-45-41-40-43-49-55-67(6)9-3)91-74(79)59-53-47-39-35-34-36-42-48-54-66(4)5/h66-70,75H,7-65H2,1-6H3,(H,80,81)(H,82,83)/t67?,68-,69-,70-/m1/s1. The molecule has 0 amide bonds. The van der Waals surface area contributed by atoms with E-state index in [0.717, 1.165) is 108 Å². The van der Waals surface area contributed by atoms with E-state index in [1.54, 1.807) is 0 Å². The minimum atomic E-state index is -4.96. The molecule has 3 unspecified atom stereocenters. The summed E-state index contributed by atoms with van der Waals surface area (Å²) in [4.78, 5) is 72.7. The molecule has 19 heteroatoms. The number of aliphatic hydroxyl groups is 1. The van der Waals surface area contributed by atoms with E-state index < -0.39 is 97.5 Å². The molecule has 0 saturated carbocycles. The maximum absolute atomic E-state index is 13.1. The summed E-state index contributed by atoms with van der Waals surface area (Å²) in [7, 11) is -9.91. The van der Waals surface area contributed by atoms with Gasteiger partial charge in [-0.25, -0.2) is 9.13 Å². The fourth-order valence-electron chi connectivity index (χ4n) is 11.3. The van der Waals surface area contributed by atoms with Gasteiger partial charge in [0.05, 0.1) is 26.4 Å². The second-order valence-corrected chi connectivity index (χ2v) is 30.3. The summed E-state index contributed by atoms with van der Waals surface area (Å²) in [6.07, 6.45) is 52.8. The van der Waals surface area contributed by atoms with Crippen molar-refractivity contribution in [3.8, 4) is 0 Å². The minimum Gasteiger partial charge on any atom is -0.462 e. The van der Waals surface area contributed by atoms with Gasteiger partial charge in [-0.1, -0.05) is 330 Å². The maximum atomic E-state index is 13.1. The van der Waals surface area contributed by atoms with E-state index in [4.69, 9.17) is 37.0 Å². The van der Waals surface area contributed by atoms with Crippen molar-refractivity contribution in [1.29, 1.82) is 0 Å². The SMILES string of the molecule is CCCCCCCCCCCCCCCCCCCCC(=O)O[C@H](COC(=O)CCCCCCCCCCCCCCCC)COP(=O)(O)OC[C@@H](O)COP(=O)(O)OC[C@@H](COC(=O)CCCCCCCCC(C)CC)OC(=O)CCCCCCCCCCC(C)C. The Balaban J connectivity index is 5.23. The number of phosphoric acid groups is 2. The van der Waals surface area contributed by atoms with Crippen LogP contribution >= 0.6 is 15.6 Å². The van der Waals surface area contributed by atoms with Crippen LogP contribution in [0.1, 0.15) is 382 Å². The number of hydrogen-bond acceptors (Lipinski definition) is 15. The molecule has 0 heterocycles. The van der Waals surface area contributed by atoms with Crippen molar-refractivity contribution in [1.82, 2.24) is 0 Å². The molecule has 0 aliphatic carbocycles. The lowest BCUT2D eigenvalue weighted by Gasteiger charge is -2.21. The number of esters is 4. The van der Waals surface area contributed by atoms with Crippen LogP contribution in [0.25, 0.3) is 0 Å². The van der Waals surface area contributed by atoms with Gasteiger partial charge in [0.15, 0.2) is 12.2 Å². The number of unbranched alkanes of at least 4 members (excludes halogenated alkanes) is 42. The molecule has 93 heavy (non-hydrogen) atoms. The van der Waals surface area contributed by atoms with Crippen molar-refractivity contribution in [2.75, 3.05) is 39.6 Å². The van der Waals surface area contributed by atoms with Gasteiger partial charge < -0.3 is 33.8 Å². The molecule has 552 valence electrons. The highest BCUT2D eigenvalue weighted by molar-refractivity contribution is 7.47. The molecule has 0 spiro atoms. The van der Waals surface area contributed by atoms with E-state index in [-0.39, 0.29) is 25.7 Å². The largest absolute Gasteiger partial charge is 0.472 e. The lowest BCUT2D eigenvalue weighted by molar-refractivity contribution is -0.161. The lowest BCUT2D eigenvalue weighted by Crippen LogP contribution is -2.30. The molecule has 0 aromatic carbocycles. The van der Waals surface area contributed by atoms with Crippen LogP contribution in [-0.4, -0.2) is 96.7 Å². The molecule has 0 radical (unpaired) electrons. The first-order valence-electron chi connectivity index (χ1n) is 38.5. The third kappa shape index (κ3) is 67.0. The zero-order valence-electron chi connectivity index (χ0n) is 60.6. The van der Waals surface area contributed by atoms with E-state index >= 15 is 0 Å². The van der Waals surface area contributed by atoms with Gasteiger partial charge in [0.25, 0.3) is 0 Å². The van der Waals surface area contributed by atoms with E-state index in [0.29, 0.717) is 25.7 Å². The van der Waals surface area contributed by atoms with Crippen molar-refractivity contribution >= 4 is 39.5 Å². The molecule has 0 fully saturated rings. The van der Waals surface area contributed by atoms with E-state index in [1.165, 1.54) is 193 Å². The number of hydrogen-bond donors (Lipinski definition) is 3. The Kier molecular flexibility index (Phi) is 64.6. The molecule has 0 rings (SSSR count). The van der Waals surface area contributed by atoms with Gasteiger partial charge in [0.1, 0.15) is 19.3 Å². The first-order valence-corrected chi connectivity index (χ1v) is 41.5. The predicted octanol–water partition coefficient (Wildman–Crippen LogP) is 21.6. The number of aliphatic hydroxyl groups excluding tert-OH is 1. The molecule has 0 aliphatic heterocycles. The van der Waals surface area contributed by atoms with Crippen LogP contribution in [0.3, 0.4) is 0 Å². The zero-order valence-corrected chi connectivity index (χ0v) is 62.3. The highest BCUT2D eigenvalue weighted by atomic mass is 31.2. The Morgan fingerprint density at radius 2 is 0.548 bits per heavy atom. The molecule has 0 saturated heterocycles. The Morgan fingerprint density at radius 3 is 0.817 bits per heavy atom. The van der Waals surface area contributed by atoms with Gasteiger partial charge in [0.2, 0.25) is 0 Å². The Labute approximate surface area is 568 Å². The van der Waals surface area contributed by atoms with Crippen molar-refractivity contribution in [2.24, 2.45) is 11.8 Å². The average Bonchev–Trinajstić information content (AvgIpc) is 1.94. The van der Waals surface area contributed by atoms with E-state index in [9.17, 15) is 43.2 Å². The van der Waals surface area contributed by atoms with Crippen molar-refractivity contribution in [3.05, 3.63) is 0 Å². The van der Waals surface area contributed by atoms with Gasteiger partial charge in [-0.05, 0) is 37.5 Å². The van der Waals surface area contributed by atoms with Gasteiger partial charge >= 0.3 is 39.5 Å². The average molecular weight is 1370 g/mol. The Hall–Kier alpha value is -1.94. The number of carbonyl (C=O) groups is 4. The molecule has 0 aromatic heterocycles. The van der Waals surface area contributed by atoms with Crippen LogP contribution in [0, 0.1) is 11.8 Å². The molecule has 17 nitrogen and oxygen atoms in total. The summed E-state index contributed by atoms with van der Waals surface area (Å²) < 4.78 is 68.4. The second-order valence-electron chi connectivity index (χ2n) is 27.4. The van der Waals surface area contributed by atoms with Crippen LogP contribution in [0.15, 0.2) is 0 Å². The highest BCUT2D eigenvalue weighted by Gasteiger charge is 2.30. The van der Waals surface area contributed by atoms with Gasteiger partial charge in [0, 0.05) is 25.7 Å². The molecular formula is C74H144O17P2. The summed E-state index contributed by atoms with van der Waals surface area (Å²) in [6, 6.07) is 0. The topological polar surface area (TPSA) is 237 Å². The number of ether oxygens (including phenoxy) is 4. The summed E-state index contributed by atoms with van der Waals surface area (Å²) in [5.41, 5.74) is 0. The predicted molar refractivity (Wildman–Crippen MR) is 377 cm³/mol. The highest BCUT2D eigenvalue weighted by Crippen LogP contribution is 2.45. The van der Waals surface area contributed by atoms with Gasteiger partial charge in [-0.2, -0.15) is 0 Å². The minimum absolute atomic E-state index is 0.104. The van der Waals surface area contributed by atoms with Gasteiger partial charge in [-0.3, -0.25) is 37.3 Å². The molecule has 6 atom stereocenters. The Bertz CT molecular complexity index is 1810. The third-order valence-electron chi connectivity index (χ3n) is 17.6. The van der Waals surface area contributed by atoms with Crippen molar-refractivity contribution in [3.63, 3.8) is 0 Å². The summed E-state index contributed by atoms with van der Waals surface area (Å²) in [6.45, 7) is 9.50. The van der Waals surface area contributed by atoms with Crippen molar-refractivity contribution in [2.45, 2.75) is 400 Å². The fourth-order valence-corrected chi connectivity index (χ4v) is 12.8. The van der Waals surface area contributed by atoms with Crippen LogP contribution < -0.4 is 0 Å². The molecule has 0 aliphatic rings. The second kappa shape index (κ2) is 66.0. The summed E-state index contributed by atoms with van der Waals surface area (Å²) >= 11 is 0. The summed E-state index contributed by atoms with van der Waals surface area (Å²) in [5.74, 6) is -0.671. The number of rotatable bonds is 73. The van der Waals surface area contributed by atoms with Crippen LogP contribution in [-0.2, 0) is 65.4 Å². The quantitative estimate of drug-likeness (QED) is 0.0222. The van der Waals surface area contributed by atoms with Crippen LogP contribution in [0.4, 0.5) is 0 Å². The first-order chi connectivity index (χ1) is 44.9.